The van der Waals surface area contributed by atoms with Gasteiger partial charge in [-0.25, -0.2) is 0 Å². The number of amides is 1. The average molecular weight is 456 g/mol. The van der Waals surface area contributed by atoms with Crippen LogP contribution in [0.2, 0.25) is 0 Å². The molecular weight excluding hydrogens is 425 g/mol. The lowest BCUT2D eigenvalue weighted by Gasteiger charge is -2.35. The Kier molecular flexibility index (Phi) is 11.8. The maximum Gasteiger partial charge on any atom is 0.237 e. The Morgan fingerprint density at radius 2 is 1.73 bits per heavy atom. The Labute approximate surface area is 190 Å². The molecule has 3 rings (SSSR count). The predicted octanol–water partition coefficient (Wildman–Crippen LogP) is 2.60. The zero-order chi connectivity index (χ0) is 19.8. The highest BCUT2D eigenvalue weighted by molar-refractivity contribution is 5.85. The van der Waals surface area contributed by atoms with E-state index in [-0.39, 0.29) is 36.8 Å². The number of methoxy groups -OCH3 is 1. The number of benzene rings is 2. The molecule has 0 aliphatic carbocycles. The second kappa shape index (κ2) is 13.5. The molecule has 1 aliphatic heterocycles. The van der Waals surface area contributed by atoms with Crippen LogP contribution in [0.3, 0.4) is 0 Å². The van der Waals surface area contributed by atoms with Crippen molar-refractivity contribution in [3.63, 3.8) is 0 Å². The number of rotatable bonds is 8. The lowest BCUT2D eigenvalue weighted by molar-refractivity contribution is -0.122. The van der Waals surface area contributed by atoms with Crippen molar-refractivity contribution < 1.29 is 14.3 Å². The molecule has 2 atom stereocenters. The van der Waals surface area contributed by atoms with Crippen LogP contribution in [0, 0.1) is 0 Å². The molecule has 2 aromatic rings. The van der Waals surface area contributed by atoms with Gasteiger partial charge in [-0.3, -0.25) is 9.69 Å². The van der Waals surface area contributed by atoms with Gasteiger partial charge in [0.25, 0.3) is 0 Å². The topological polar surface area (TPSA) is 76.8 Å². The summed E-state index contributed by atoms with van der Waals surface area (Å²) in [4.78, 5) is 14.9. The summed E-state index contributed by atoms with van der Waals surface area (Å²) in [5.74, 6) is 0.689. The molecule has 1 saturated heterocycles. The van der Waals surface area contributed by atoms with Crippen molar-refractivity contribution in [2.75, 3.05) is 40.0 Å². The third-order valence-electron chi connectivity index (χ3n) is 5.09. The molecule has 0 radical (unpaired) electrons. The summed E-state index contributed by atoms with van der Waals surface area (Å²) in [7, 11) is 1.66. The van der Waals surface area contributed by atoms with Crippen molar-refractivity contribution in [2.24, 2.45) is 5.73 Å². The molecule has 2 aromatic carbocycles. The predicted molar refractivity (Wildman–Crippen MR) is 124 cm³/mol. The van der Waals surface area contributed by atoms with Crippen molar-refractivity contribution in [3.8, 4) is 5.75 Å². The molecule has 2 unspecified atom stereocenters. The van der Waals surface area contributed by atoms with Gasteiger partial charge in [0, 0.05) is 19.6 Å². The second-order valence-corrected chi connectivity index (χ2v) is 6.98. The van der Waals surface area contributed by atoms with Crippen LogP contribution >= 0.6 is 24.8 Å². The lowest BCUT2D eigenvalue weighted by Crippen LogP contribution is -2.47. The first kappa shape index (κ1) is 26.2. The van der Waals surface area contributed by atoms with Gasteiger partial charge in [0.05, 0.1) is 32.4 Å². The number of ether oxygens (including phenoxy) is 2. The van der Waals surface area contributed by atoms with Gasteiger partial charge in [-0.15, -0.1) is 24.8 Å². The molecule has 30 heavy (non-hydrogen) atoms. The number of nitrogens with one attached hydrogen (secondary N) is 1. The number of nitrogens with zero attached hydrogens (tertiary/aromatic N) is 1. The molecule has 1 aliphatic rings. The maximum absolute atomic E-state index is 12.6. The number of carbonyl (C=O) groups excluding carboxylic acids is 1. The van der Waals surface area contributed by atoms with Crippen molar-refractivity contribution in [2.45, 2.75) is 18.5 Å². The Hall–Kier alpha value is -1.83. The van der Waals surface area contributed by atoms with Crippen LogP contribution in [0.4, 0.5) is 0 Å². The molecule has 1 heterocycles. The minimum atomic E-state index is -0.566. The molecular formula is C22H31Cl2N3O3. The Bertz CT molecular complexity index is 741. The molecule has 1 fully saturated rings. The summed E-state index contributed by atoms with van der Waals surface area (Å²) in [6.45, 7) is 3.58. The van der Waals surface area contributed by atoms with E-state index in [1.807, 2.05) is 42.5 Å². The second-order valence-electron chi connectivity index (χ2n) is 6.98. The molecule has 0 spiro atoms. The fourth-order valence-electron chi connectivity index (χ4n) is 3.46. The maximum atomic E-state index is 12.6. The van der Waals surface area contributed by atoms with Gasteiger partial charge in [0.15, 0.2) is 0 Å². The Morgan fingerprint density at radius 1 is 1.10 bits per heavy atom. The fourth-order valence-corrected chi connectivity index (χ4v) is 3.46. The van der Waals surface area contributed by atoms with Crippen LogP contribution in [-0.4, -0.2) is 56.8 Å². The summed E-state index contributed by atoms with van der Waals surface area (Å²) in [6.07, 6.45) is 0.525. The minimum absolute atomic E-state index is 0. The third-order valence-corrected chi connectivity index (χ3v) is 5.09. The van der Waals surface area contributed by atoms with Crippen molar-refractivity contribution >= 4 is 30.7 Å². The van der Waals surface area contributed by atoms with Crippen molar-refractivity contribution in [1.29, 1.82) is 0 Å². The summed E-state index contributed by atoms with van der Waals surface area (Å²) >= 11 is 0. The van der Waals surface area contributed by atoms with Gasteiger partial charge in [-0.1, -0.05) is 42.5 Å². The number of nitrogens with two attached hydrogens (primary N) is 1. The molecule has 0 aromatic heterocycles. The van der Waals surface area contributed by atoms with Gasteiger partial charge in [-0.2, -0.15) is 0 Å². The Balaban J connectivity index is 0.00000225. The van der Waals surface area contributed by atoms with E-state index in [4.69, 9.17) is 15.2 Å². The zero-order valence-corrected chi connectivity index (χ0v) is 18.8. The van der Waals surface area contributed by atoms with E-state index in [2.05, 4.69) is 22.3 Å². The average Bonchev–Trinajstić information content (AvgIpc) is 2.75. The van der Waals surface area contributed by atoms with Crippen molar-refractivity contribution in [3.05, 3.63) is 65.7 Å². The van der Waals surface area contributed by atoms with Gasteiger partial charge >= 0.3 is 0 Å². The third kappa shape index (κ3) is 7.45. The molecule has 166 valence electrons. The smallest absolute Gasteiger partial charge is 0.237 e. The van der Waals surface area contributed by atoms with Gasteiger partial charge in [0.2, 0.25) is 5.91 Å². The highest BCUT2D eigenvalue weighted by atomic mass is 35.5. The van der Waals surface area contributed by atoms with E-state index >= 15 is 0 Å². The first-order chi connectivity index (χ1) is 13.7. The molecule has 3 N–H and O–H groups in total. The molecule has 0 bridgehead atoms. The molecule has 0 saturated carbocycles. The summed E-state index contributed by atoms with van der Waals surface area (Å²) in [5, 5.41) is 3.05. The molecule has 8 heteroatoms. The highest BCUT2D eigenvalue weighted by Gasteiger charge is 2.24. The standard InChI is InChI=1S/C22H29N3O3.2ClH/c1-27-19-9-7-18(8-10-19)21(25-11-13-28-14-12-25)16-24-22(26)20(23)15-17-5-3-2-4-6-17;;/h2-10,20-21H,11-16,23H2,1H3,(H,24,26);2*1H. The van der Waals surface area contributed by atoms with E-state index in [0.29, 0.717) is 26.2 Å². The first-order valence-corrected chi connectivity index (χ1v) is 9.70. The Morgan fingerprint density at radius 3 is 2.33 bits per heavy atom. The van der Waals surface area contributed by atoms with E-state index < -0.39 is 6.04 Å². The van der Waals surface area contributed by atoms with Crippen LogP contribution in [0.15, 0.2) is 54.6 Å². The number of halogens is 2. The summed E-state index contributed by atoms with van der Waals surface area (Å²) < 4.78 is 10.7. The minimum Gasteiger partial charge on any atom is -0.497 e. The molecule has 1 amide bonds. The van der Waals surface area contributed by atoms with Crippen LogP contribution in [-0.2, 0) is 16.0 Å². The quantitative estimate of drug-likeness (QED) is 0.639. The first-order valence-electron chi connectivity index (χ1n) is 9.70. The van der Waals surface area contributed by atoms with E-state index in [9.17, 15) is 4.79 Å². The van der Waals surface area contributed by atoms with Gasteiger partial charge < -0.3 is 20.5 Å². The number of hydrogen-bond acceptors (Lipinski definition) is 5. The summed E-state index contributed by atoms with van der Waals surface area (Å²) in [6, 6.07) is 17.3. The van der Waals surface area contributed by atoms with Gasteiger partial charge in [0.1, 0.15) is 5.75 Å². The normalized spacial score (nSPS) is 15.8. The van der Waals surface area contributed by atoms with Crippen LogP contribution < -0.4 is 15.8 Å². The van der Waals surface area contributed by atoms with Crippen LogP contribution in [0.5, 0.6) is 5.75 Å². The zero-order valence-electron chi connectivity index (χ0n) is 17.2. The summed E-state index contributed by atoms with van der Waals surface area (Å²) in [5.41, 5.74) is 8.33. The van der Waals surface area contributed by atoms with E-state index in [0.717, 1.165) is 30.0 Å². The lowest BCUT2D eigenvalue weighted by atomic mass is 10.0. The van der Waals surface area contributed by atoms with Gasteiger partial charge in [-0.05, 0) is 29.7 Å². The number of morpholine rings is 1. The van der Waals surface area contributed by atoms with Crippen LogP contribution in [0.25, 0.3) is 0 Å². The number of carbonyl (C=O) groups is 1. The largest absolute Gasteiger partial charge is 0.497 e. The SMILES string of the molecule is COc1ccc(C(CNC(=O)C(N)Cc2ccccc2)N2CCOCC2)cc1.Cl.Cl. The van der Waals surface area contributed by atoms with Crippen molar-refractivity contribution in [1.82, 2.24) is 10.2 Å². The molecule has 6 nitrogen and oxygen atoms in total. The van der Waals surface area contributed by atoms with Crippen LogP contribution in [0.1, 0.15) is 17.2 Å². The fraction of sp³-hybridized carbons (Fsp3) is 0.409. The highest BCUT2D eigenvalue weighted by Crippen LogP contribution is 2.23. The monoisotopic (exact) mass is 455 g/mol. The number of hydrogen-bond donors (Lipinski definition) is 2. The van der Waals surface area contributed by atoms with E-state index in [1.54, 1.807) is 7.11 Å². The van der Waals surface area contributed by atoms with E-state index in [1.165, 1.54) is 0 Å².